The highest BCUT2D eigenvalue weighted by molar-refractivity contribution is 9.10. The normalized spacial score (nSPS) is 24.2. The van der Waals surface area contributed by atoms with Gasteiger partial charge in [0.05, 0.1) is 5.69 Å². The van der Waals surface area contributed by atoms with Gasteiger partial charge in [-0.05, 0) is 13.0 Å². The molecule has 2 amide bonds. The van der Waals surface area contributed by atoms with Crippen molar-refractivity contribution in [3.05, 3.63) is 29.8 Å². The molecule has 0 radical (unpaired) electrons. The fourth-order valence-electron chi connectivity index (χ4n) is 1.81. The average Bonchev–Trinajstić information content (AvgIpc) is 2.36. The monoisotopic (exact) mass is 267 g/mol. The number of para-hydroxylation sites is 1. The number of hydrogen-bond acceptors (Lipinski definition) is 2. The Bertz CT molecular complexity index is 454. The number of rotatable bonds is 0. The zero-order valence-electron chi connectivity index (χ0n) is 8.45. The average molecular weight is 268 g/mol. The predicted molar refractivity (Wildman–Crippen MR) is 60.9 cm³/mol. The van der Waals surface area contributed by atoms with E-state index in [0.29, 0.717) is 5.69 Å². The molecule has 2 rings (SSSR count). The van der Waals surface area contributed by atoms with Crippen LogP contribution in [-0.4, -0.2) is 11.8 Å². The predicted octanol–water partition coefficient (Wildman–Crippen LogP) is 2.19. The summed E-state index contributed by atoms with van der Waals surface area (Å²) in [5, 5.41) is 0. The van der Waals surface area contributed by atoms with Gasteiger partial charge in [0.2, 0.25) is 5.91 Å². The molecule has 1 aromatic carbocycles. The van der Waals surface area contributed by atoms with Crippen LogP contribution < -0.4 is 4.90 Å². The van der Waals surface area contributed by atoms with E-state index in [1.54, 1.807) is 13.0 Å². The van der Waals surface area contributed by atoms with Crippen molar-refractivity contribution >= 4 is 33.4 Å². The van der Waals surface area contributed by atoms with Crippen molar-refractivity contribution in [3.8, 4) is 0 Å². The maximum Gasteiger partial charge on any atom is 0.254 e. The number of fused-ring (bicyclic) bond motifs is 1. The van der Waals surface area contributed by atoms with Gasteiger partial charge in [-0.1, -0.05) is 34.1 Å². The molecule has 1 heterocycles. The van der Waals surface area contributed by atoms with Crippen molar-refractivity contribution in [1.29, 1.82) is 0 Å². The summed E-state index contributed by atoms with van der Waals surface area (Å²) >= 11 is 3.37. The third-order valence-electron chi connectivity index (χ3n) is 2.57. The van der Waals surface area contributed by atoms with E-state index in [1.165, 1.54) is 11.8 Å². The summed E-state index contributed by atoms with van der Waals surface area (Å²) < 4.78 is -0.782. The van der Waals surface area contributed by atoms with Gasteiger partial charge in [-0.2, -0.15) is 0 Å². The molecule has 0 saturated heterocycles. The molecule has 1 aromatic rings. The molecule has 3 nitrogen and oxygen atoms in total. The third-order valence-corrected chi connectivity index (χ3v) is 3.34. The Morgan fingerprint density at radius 2 is 2.00 bits per heavy atom. The van der Waals surface area contributed by atoms with Crippen molar-refractivity contribution in [2.24, 2.45) is 0 Å². The zero-order valence-corrected chi connectivity index (χ0v) is 10.0. The molecule has 0 fully saturated rings. The maximum atomic E-state index is 12.0. The number of halogens is 1. The summed E-state index contributed by atoms with van der Waals surface area (Å²) in [5.41, 5.74) is 1.51. The van der Waals surface area contributed by atoms with Crippen LogP contribution in [0.2, 0.25) is 0 Å². The number of anilines is 1. The molecule has 15 heavy (non-hydrogen) atoms. The molecule has 0 bridgehead atoms. The second-order valence-electron chi connectivity index (χ2n) is 3.68. The number of nitrogens with zero attached hydrogens (tertiary/aromatic N) is 1. The van der Waals surface area contributed by atoms with Gasteiger partial charge in [-0.25, -0.2) is 4.90 Å². The largest absolute Gasteiger partial charge is 0.274 e. The van der Waals surface area contributed by atoms with Crippen molar-refractivity contribution in [1.82, 2.24) is 0 Å². The van der Waals surface area contributed by atoms with Gasteiger partial charge in [0.1, 0.15) is 4.32 Å². The first-order valence-electron chi connectivity index (χ1n) is 4.60. The Hall–Kier alpha value is -1.16. The summed E-state index contributed by atoms with van der Waals surface area (Å²) in [5.74, 6) is -0.480. The lowest BCUT2D eigenvalue weighted by molar-refractivity contribution is -0.125. The molecule has 1 unspecified atom stereocenters. The van der Waals surface area contributed by atoms with Crippen LogP contribution in [0.25, 0.3) is 0 Å². The van der Waals surface area contributed by atoms with Gasteiger partial charge in [-0.3, -0.25) is 9.59 Å². The number of imide groups is 1. The molecule has 1 aliphatic heterocycles. The van der Waals surface area contributed by atoms with Gasteiger partial charge in [0.25, 0.3) is 5.91 Å². The summed E-state index contributed by atoms with van der Waals surface area (Å²) in [4.78, 5) is 24.6. The van der Waals surface area contributed by atoms with E-state index in [4.69, 9.17) is 0 Å². The Morgan fingerprint density at radius 1 is 1.40 bits per heavy atom. The van der Waals surface area contributed by atoms with Crippen LogP contribution in [0.3, 0.4) is 0 Å². The van der Waals surface area contributed by atoms with Crippen LogP contribution >= 0.6 is 15.9 Å². The Labute approximate surface area is 96.2 Å². The minimum Gasteiger partial charge on any atom is -0.274 e. The Kier molecular flexibility index (Phi) is 2.19. The highest BCUT2D eigenvalue weighted by atomic mass is 79.9. The van der Waals surface area contributed by atoms with Crippen LogP contribution in [0.5, 0.6) is 0 Å². The molecule has 0 aliphatic carbocycles. The minimum absolute atomic E-state index is 0.226. The van der Waals surface area contributed by atoms with Gasteiger partial charge in [0.15, 0.2) is 0 Å². The Balaban J connectivity index is 2.67. The van der Waals surface area contributed by atoms with Gasteiger partial charge < -0.3 is 0 Å². The van der Waals surface area contributed by atoms with E-state index in [1.807, 2.05) is 18.2 Å². The fourth-order valence-corrected chi connectivity index (χ4v) is 2.33. The van der Waals surface area contributed by atoms with E-state index >= 15 is 0 Å². The molecule has 0 N–H and O–H groups in total. The van der Waals surface area contributed by atoms with E-state index in [2.05, 4.69) is 15.9 Å². The van der Waals surface area contributed by atoms with E-state index in [-0.39, 0.29) is 11.8 Å². The van der Waals surface area contributed by atoms with Crippen LogP contribution in [0.1, 0.15) is 19.4 Å². The highest BCUT2D eigenvalue weighted by Crippen LogP contribution is 2.45. The SMILES string of the molecule is CC(=O)N1C(=O)C(C)(Br)c2ccccc21. The first kappa shape index (κ1) is 10.4. The second-order valence-corrected chi connectivity index (χ2v) is 5.27. The lowest BCUT2D eigenvalue weighted by Crippen LogP contribution is -2.37. The smallest absolute Gasteiger partial charge is 0.254 e. The van der Waals surface area contributed by atoms with E-state index in [9.17, 15) is 9.59 Å². The summed E-state index contributed by atoms with van der Waals surface area (Å²) in [7, 11) is 0. The lowest BCUT2D eigenvalue weighted by Gasteiger charge is -2.15. The summed E-state index contributed by atoms with van der Waals surface area (Å²) in [6, 6.07) is 7.30. The van der Waals surface area contributed by atoms with Crippen LogP contribution in [0, 0.1) is 0 Å². The zero-order chi connectivity index (χ0) is 11.2. The number of amides is 2. The summed E-state index contributed by atoms with van der Waals surface area (Å²) in [6.45, 7) is 3.15. The van der Waals surface area contributed by atoms with Gasteiger partial charge in [-0.15, -0.1) is 0 Å². The molecule has 0 aromatic heterocycles. The molecular weight excluding hydrogens is 258 g/mol. The first-order chi connectivity index (χ1) is 6.96. The Morgan fingerprint density at radius 3 is 2.60 bits per heavy atom. The minimum atomic E-state index is -0.782. The number of alkyl halides is 1. The molecular formula is C11H10BrNO2. The topological polar surface area (TPSA) is 37.4 Å². The lowest BCUT2D eigenvalue weighted by atomic mass is 10.0. The highest BCUT2D eigenvalue weighted by Gasteiger charge is 2.46. The fraction of sp³-hybridized carbons (Fsp3) is 0.273. The van der Waals surface area contributed by atoms with Crippen LogP contribution in [0.4, 0.5) is 5.69 Å². The molecule has 1 aliphatic rings. The third kappa shape index (κ3) is 1.32. The van der Waals surface area contributed by atoms with Crippen molar-refractivity contribution in [2.45, 2.75) is 18.2 Å². The van der Waals surface area contributed by atoms with Crippen molar-refractivity contribution in [3.63, 3.8) is 0 Å². The number of benzene rings is 1. The van der Waals surface area contributed by atoms with Gasteiger partial charge >= 0.3 is 0 Å². The number of carbonyl (C=O) groups excluding carboxylic acids is 2. The summed E-state index contributed by atoms with van der Waals surface area (Å²) in [6.07, 6.45) is 0. The molecule has 1 atom stereocenters. The van der Waals surface area contributed by atoms with Crippen molar-refractivity contribution < 1.29 is 9.59 Å². The first-order valence-corrected chi connectivity index (χ1v) is 5.39. The molecule has 0 saturated carbocycles. The van der Waals surface area contributed by atoms with Crippen molar-refractivity contribution in [2.75, 3.05) is 4.90 Å². The number of hydrogen-bond donors (Lipinski definition) is 0. The maximum absolute atomic E-state index is 12.0. The second kappa shape index (κ2) is 3.17. The molecule has 78 valence electrons. The standard InChI is InChI=1S/C11H10BrNO2/c1-7(14)13-9-6-4-3-5-8(9)11(2,12)10(13)15/h3-6H,1-2H3. The van der Waals surface area contributed by atoms with Crippen LogP contribution in [-0.2, 0) is 13.9 Å². The van der Waals surface area contributed by atoms with E-state index in [0.717, 1.165) is 5.56 Å². The molecule has 4 heteroatoms. The van der Waals surface area contributed by atoms with Gasteiger partial charge in [0, 0.05) is 12.5 Å². The number of carbonyl (C=O) groups is 2. The quantitative estimate of drug-likeness (QED) is 0.676. The molecule has 0 spiro atoms. The van der Waals surface area contributed by atoms with E-state index < -0.39 is 4.32 Å². The van der Waals surface area contributed by atoms with Crippen LogP contribution in [0.15, 0.2) is 24.3 Å².